The SMILES string of the molecule is Cc1nc(/C=C/C(=O)NCc2ccc(CN3CCOCC3)cc2)cs1. The van der Waals surface area contributed by atoms with Crippen molar-refractivity contribution in [3.05, 3.63) is 57.6 Å². The van der Waals surface area contributed by atoms with Gasteiger partial charge in [0.15, 0.2) is 0 Å². The molecule has 6 heteroatoms. The highest BCUT2D eigenvalue weighted by Crippen LogP contribution is 2.10. The number of nitrogens with one attached hydrogen (secondary N) is 1. The summed E-state index contributed by atoms with van der Waals surface area (Å²) >= 11 is 1.58. The Morgan fingerprint density at radius 2 is 2.00 bits per heavy atom. The Hall–Kier alpha value is -2.02. The minimum absolute atomic E-state index is 0.108. The number of rotatable bonds is 6. The van der Waals surface area contributed by atoms with Crippen molar-refractivity contribution >= 4 is 23.3 Å². The zero-order chi connectivity index (χ0) is 17.5. The number of thiazole rings is 1. The van der Waals surface area contributed by atoms with Crippen LogP contribution in [0.5, 0.6) is 0 Å². The Labute approximate surface area is 152 Å². The zero-order valence-electron chi connectivity index (χ0n) is 14.4. The lowest BCUT2D eigenvalue weighted by Crippen LogP contribution is -2.35. The first kappa shape index (κ1) is 17.8. The maximum absolute atomic E-state index is 11.9. The number of ether oxygens (including phenoxy) is 1. The van der Waals surface area contributed by atoms with E-state index in [2.05, 4.69) is 39.5 Å². The highest BCUT2D eigenvalue weighted by Gasteiger charge is 2.10. The van der Waals surface area contributed by atoms with Gasteiger partial charge >= 0.3 is 0 Å². The van der Waals surface area contributed by atoms with Crippen LogP contribution in [0.4, 0.5) is 0 Å². The Balaban J connectivity index is 1.44. The molecule has 0 unspecified atom stereocenters. The van der Waals surface area contributed by atoms with E-state index >= 15 is 0 Å². The number of carbonyl (C=O) groups excluding carboxylic acids is 1. The average molecular weight is 357 g/mol. The molecule has 1 amide bonds. The molecule has 1 aliphatic rings. The maximum atomic E-state index is 11.9. The molecule has 5 nitrogen and oxygen atoms in total. The van der Waals surface area contributed by atoms with Crippen LogP contribution in [0.15, 0.2) is 35.7 Å². The molecular weight excluding hydrogens is 334 g/mol. The summed E-state index contributed by atoms with van der Waals surface area (Å²) in [5, 5.41) is 5.83. The number of hydrogen-bond donors (Lipinski definition) is 1. The van der Waals surface area contributed by atoms with E-state index in [-0.39, 0.29) is 5.91 Å². The fourth-order valence-corrected chi connectivity index (χ4v) is 3.23. The normalized spacial score (nSPS) is 15.6. The Kier molecular flexibility index (Phi) is 6.33. The van der Waals surface area contributed by atoms with Crippen LogP contribution in [0.2, 0.25) is 0 Å². The van der Waals surface area contributed by atoms with Gasteiger partial charge in [0, 0.05) is 37.6 Å². The first-order valence-electron chi connectivity index (χ1n) is 8.45. The van der Waals surface area contributed by atoms with Gasteiger partial charge in [0.1, 0.15) is 0 Å². The van der Waals surface area contributed by atoms with Gasteiger partial charge in [-0.1, -0.05) is 24.3 Å². The summed E-state index contributed by atoms with van der Waals surface area (Å²) in [5.41, 5.74) is 3.21. The van der Waals surface area contributed by atoms with Crippen LogP contribution < -0.4 is 5.32 Å². The van der Waals surface area contributed by atoms with E-state index < -0.39 is 0 Å². The number of hydrogen-bond acceptors (Lipinski definition) is 5. The lowest BCUT2D eigenvalue weighted by molar-refractivity contribution is -0.116. The molecule has 1 N–H and O–H groups in total. The van der Waals surface area contributed by atoms with E-state index in [1.807, 2.05) is 12.3 Å². The molecule has 25 heavy (non-hydrogen) atoms. The van der Waals surface area contributed by atoms with Gasteiger partial charge in [-0.15, -0.1) is 11.3 Å². The van der Waals surface area contributed by atoms with Crippen molar-refractivity contribution in [3.63, 3.8) is 0 Å². The van der Waals surface area contributed by atoms with Crippen LogP contribution in [-0.2, 0) is 22.6 Å². The van der Waals surface area contributed by atoms with E-state index in [1.54, 1.807) is 17.4 Å². The van der Waals surface area contributed by atoms with Crippen molar-refractivity contribution in [2.45, 2.75) is 20.0 Å². The molecule has 2 aromatic rings. The third-order valence-corrected chi connectivity index (χ3v) is 4.83. The molecule has 3 rings (SSSR count). The van der Waals surface area contributed by atoms with Gasteiger partial charge in [-0.05, 0) is 24.1 Å². The fourth-order valence-electron chi connectivity index (χ4n) is 2.65. The summed E-state index contributed by atoms with van der Waals surface area (Å²) in [4.78, 5) is 18.6. The number of benzene rings is 1. The van der Waals surface area contributed by atoms with Crippen LogP contribution in [0, 0.1) is 6.92 Å². The predicted molar refractivity (Wildman–Crippen MR) is 100 cm³/mol. The quantitative estimate of drug-likeness (QED) is 0.808. The van der Waals surface area contributed by atoms with E-state index in [4.69, 9.17) is 4.74 Å². The highest BCUT2D eigenvalue weighted by atomic mass is 32.1. The molecular formula is C19H23N3O2S. The van der Waals surface area contributed by atoms with Crippen molar-refractivity contribution in [1.82, 2.24) is 15.2 Å². The van der Waals surface area contributed by atoms with Crippen molar-refractivity contribution < 1.29 is 9.53 Å². The molecule has 0 spiro atoms. The number of nitrogens with zero attached hydrogens (tertiary/aromatic N) is 2. The van der Waals surface area contributed by atoms with Gasteiger partial charge in [-0.25, -0.2) is 4.98 Å². The topological polar surface area (TPSA) is 54.5 Å². The molecule has 1 saturated heterocycles. The maximum Gasteiger partial charge on any atom is 0.244 e. The van der Waals surface area contributed by atoms with Crippen LogP contribution in [0.1, 0.15) is 21.8 Å². The van der Waals surface area contributed by atoms with Crippen LogP contribution in [0.3, 0.4) is 0 Å². The second kappa shape index (κ2) is 8.89. The van der Waals surface area contributed by atoms with Gasteiger partial charge in [-0.2, -0.15) is 0 Å². The molecule has 0 atom stereocenters. The molecule has 0 saturated carbocycles. The highest BCUT2D eigenvalue weighted by molar-refractivity contribution is 7.09. The third-order valence-electron chi connectivity index (χ3n) is 4.04. The molecule has 1 fully saturated rings. The lowest BCUT2D eigenvalue weighted by atomic mass is 10.1. The summed E-state index contributed by atoms with van der Waals surface area (Å²) < 4.78 is 5.37. The van der Waals surface area contributed by atoms with Gasteiger partial charge in [0.05, 0.1) is 23.9 Å². The van der Waals surface area contributed by atoms with Crippen molar-refractivity contribution in [3.8, 4) is 0 Å². The monoisotopic (exact) mass is 357 g/mol. The van der Waals surface area contributed by atoms with Crippen molar-refractivity contribution in [2.24, 2.45) is 0 Å². The van der Waals surface area contributed by atoms with E-state index in [9.17, 15) is 4.79 Å². The summed E-state index contributed by atoms with van der Waals surface area (Å²) in [6, 6.07) is 8.41. The van der Waals surface area contributed by atoms with Crippen molar-refractivity contribution in [2.75, 3.05) is 26.3 Å². The number of carbonyl (C=O) groups is 1. The van der Waals surface area contributed by atoms with Gasteiger partial charge in [0.2, 0.25) is 5.91 Å². The number of morpholine rings is 1. The second-order valence-corrected chi connectivity index (χ2v) is 7.11. The molecule has 2 heterocycles. The summed E-state index contributed by atoms with van der Waals surface area (Å²) in [7, 11) is 0. The minimum Gasteiger partial charge on any atom is -0.379 e. The van der Waals surface area contributed by atoms with E-state index in [0.29, 0.717) is 6.54 Å². The average Bonchev–Trinajstić information content (AvgIpc) is 3.06. The first-order chi connectivity index (χ1) is 12.2. The fraction of sp³-hybridized carbons (Fsp3) is 0.368. The Bertz CT molecular complexity index is 719. The molecule has 1 aromatic carbocycles. The minimum atomic E-state index is -0.108. The zero-order valence-corrected chi connectivity index (χ0v) is 15.2. The molecule has 0 bridgehead atoms. The molecule has 1 aromatic heterocycles. The standard InChI is InChI=1S/C19H23N3O2S/c1-15-21-18(14-25-15)6-7-19(23)20-12-16-2-4-17(5-3-16)13-22-8-10-24-11-9-22/h2-7,14H,8-13H2,1H3,(H,20,23)/b7-6+. The smallest absolute Gasteiger partial charge is 0.244 e. The van der Waals surface area contributed by atoms with E-state index in [1.165, 1.54) is 11.6 Å². The van der Waals surface area contributed by atoms with Gasteiger partial charge in [-0.3, -0.25) is 9.69 Å². The number of aryl methyl sites for hydroxylation is 1. The molecule has 1 aliphatic heterocycles. The lowest BCUT2D eigenvalue weighted by Gasteiger charge is -2.26. The number of aromatic nitrogens is 1. The van der Waals surface area contributed by atoms with Crippen LogP contribution in [-0.4, -0.2) is 42.1 Å². The van der Waals surface area contributed by atoms with Gasteiger partial charge in [0.25, 0.3) is 0 Å². The Morgan fingerprint density at radius 1 is 1.28 bits per heavy atom. The van der Waals surface area contributed by atoms with E-state index in [0.717, 1.165) is 49.1 Å². The summed E-state index contributed by atoms with van der Waals surface area (Å²) in [5.74, 6) is -0.108. The van der Waals surface area contributed by atoms with Crippen LogP contribution in [0.25, 0.3) is 6.08 Å². The van der Waals surface area contributed by atoms with Crippen LogP contribution >= 0.6 is 11.3 Å². The predicted octanol–water partition coefficient (Wildman–Crippen LogP) is 2.61. The summed E-state index contributed by atoms with van der Waals surface area (Å²) in [6.45, 7) is 7.04. The van der Waals surface area contributed by atoms with Gasteiger partial charge < -0.3 is 10.1 Å². The first-order valence-corrected chi connectivity index (χ1v) is 9.33. The molecule has 0 aliphatic carbocycles. The molecule has 132 valence electrons. The number of amides is 1. The summed E-state index contributed by atoms with van der Waals surface area (Å²) in [6.07, 6.45) is 3.27. The van der Waals surface area contributed by atoms with Crippen molar-refractivity contribution in [1.29, 1.82) is 0 Å². The third kappa shape index (κ3) is 5.77. The largest absolute Gasteiger partial charge is 0.379 e. The molecule has 0 radical (unpaired) electrons. The second-order valence-electron chi connectivity index (χ2n) is 6.05. The Morgan fingerprint density at radius 3 is 2.68 bits per heavy atom.